The minimum absolute atomic E-state index is 0.0316. The second-order valence-corrected chi connectivity index (χ2v) is 9.02. The topological polar surface area (TPSA) is 156 Å². The molecule has 0 radical (unpaired) electrons. The third kappa shape index (κ3) is 6.71. The molecule has 5 unspecified atom stereocenters. The number of carbonyl (C=O) groups excluding carboxylic acids is 4. The van der Waals surface area contributed by atoms with Crippen LogP contribution in [0.5, 0.6) is 0 Å². The molecule has 0 N–H and O–H groups in total. The molecule has 3 rings (SSSR count). The van der Waals surface area contributed by atoms with Crippen LogP contribution in [0, 0.1) is 16.0 Å². The third-order valence-electron chi connectivity index (χ3n) is 5.80. The largest absolute Gasteiger partial charge is 0.464 e. The number of aromatic nitrogens is 1. The quantitative estimate of drug-likeness (QED) is 0.264. The maximum absolute atomic E-state index is 12.2. The number of nitriles is 1. The van der Waals surface area contributed by atoms with E-state index in [1.807, 2.05) is 6.92 Å². The van der Waals surface area contributed by atoms with Gasteiger partial charge in [-0.1, -0.05) is 19.1 Å². The smallest absolute Gasteiger partial charge is 0.303 e. The molecule has 0 bridgehead atoms. The summed E-state index contributed by atoms with van der Waals surface area (Å²) in [6.07, 6.45) is -4.66. The molecule has 0 spiro atoms. The fraction of sp³-hybridized carbons (Fsp3) is 0.462. The van der Waals surface area contributed by atoms with Gasteiger partial charge < -0.3 is 32.7 Å². The van der Waals surface area contributed by atoms with E-state index in [-0.39, 0.29) is 10.2 Å². The van der Waals surface area contributed by atoms with Crippen molar-refractivity contribution in [1.29, 1.82) is 5.26 Å². The van der Waals surface area contributed by atoms with Crippen molar-refractivity contribution in [3.63, 3.8) is 0 Å². The van der Waals surface area contributed by atoms with Gasteiger partial charge in [0.2, 0.25) is 0 Å². The van der Waals surface area contributed by atoms with Crippen molar-refractivity contribution in [2.75, 3.05) is 6.61 Å². The van der Waals surface area contributed by atoms with Crippen LogP contribution < -0.4 is 0 Å². The molecular formula is C26H28N2O10S. The summed E-state index contributed by atoms with van der Waals surface area (Å²) in [5, 5.41) is 10.0. The number of furan rings is 1. The van der Waals surface area contributed by atoms with Crippen molar-refractivity contribution in [2.24, 2.45) is 0 Å². The molecule has 1 aliphatic heterocycles. The van der Waals surface area contributed by atoms with E-state index in [1.165, 1.54) is 17.8 Å². The molecule has 0 aliphatic carbocycles. The van der Waals surface area contributed by atoms with Crippen molar-refractivity contribution >= 4 is 36.1 Å². The first-order valence-electron chi connectivity index (χ1n) is 12.0. The first-order chi connectivity index (χ1) is 18.5. The SMILES string of the molecule is CCc1cc(-c2ccco2)c(C#N)c(=S)n1C1OC(COC(C)=O)C(OC(C)=O)C(OC(C)=O)C1OC(C)=O. The van der Waals surface area contributed by atoms with Gasteiger partial charge >= 0.3 is 23.9 Å². The number of nitrogens with zero attached hydrogens (tertiary/aromatic N) is 2. The number of rotatable bonds is 8. The first-order valence-corrected chi connectivity index (χ1v) is 12.4. The predicted molar refractivity (Wildman–Crippen MR) is 134 cm³/mol. The summed E-state index contributed by atoms with van der Waals surface area (Å²) >= 11 is 5.72. The van der Waals surface area contributed by atoms with Crippen LogP contribution in [0.1, 0.15) is 52.1 Å². The highest BCUT2D eigenvalue weighted by Gasteiger charge is 2.53. The van der Waals surface area contributed by atoms with Gasteiger partial charge in [-0.3, -0.25) is 19.2 Å². The third-order valence-corrected chi connectivity index (χ3v) is 6.20. The maximum Gasteiger partial charge on any atom is 0.303 e. The highest BCUT2D eigenvalue weighted by Crippen LogP contribution is 2.37. The summed E-state index contributed by atoms with van der Waals surface area (Å²) in [7, 11) is 0. The highest BCUT2D eigenvalue weighted by molar-refractivity contribution is 7.71. The molecular weight excluding hydrogens is 532 g/mol. The number of hydrogen-bond acceptors (Lipinski definition) is 12. The first kappa shape index (κ1) is 29.5. The van der Waals surface area contributed by atoms with Crippen molar-refractivity contribution in [2.45, 2.75) is 71.7 Å². The number of hydrogen-bond donors (Lipinski definition) is 0. The Morgan fingerprint density at radius 3 is 2.13 bits per heavy atom. The Morgan fingerprint density at radius 1 is 1.00 bits per heavy atom. The molecule has 3 heterocycles. The van der Waals surface area contributed by atoms with Crippen molar-refractivity contribution in [3.8, 4) is 17.4 Å². The Morgan fingerprint density at radius 2 is 1.62 bits per heavy atom. The van der Waals surface area contributed by atoms with Gasteiger partial charge in [-0.15, -0.1) is 0 Å². The fourth-order valence-corrected chi connectivity index (χ4v) is 4.75. The van der Waals surface area contributed by atoms with Crippen molar-refractivity contribution < 1.29 is 47.3 Å². The number of pyridine rings is 1. The van der Waals surface area contributed by atoms with E-state index in [9.17, 15) is 24.4 Å². The lowest BCUT2D eigenvalue weighted by Crippen LogP contribution is -2.60. The molecule has 0 aromatic carbocycles. The summed E-state index contributed by atoms with van der Waals surface area (Å²) < 4.78 is 34.9. The molecule has 0 saturated carbocycles. The summed E-state index contributed by atoms with van der Waals surface area (Å²) in [4.78, 5) is 48.0. The average molecular weight is 561 g/mol. The summed E-state index contributed by atoms with van der Waals surface area (Å²) in [6, 6.07) is 7.15. The van der Waals surface area contributed by atoms with Gasteiger partial charge in [-0.25, -0.2) is 0 Å². The van der Waals surface area contributed by atoms with E-state index >= 15 is 0 Å². The minimum atomic E-state index is -1.38. The predicted octanol–water partition coefficient (Wildman–Crippen LogP) is 3.17. The average Bonchev–Trinajstić information content (AvgIpc) is 3.39. The van der Waals surface area contributed by atoms with Crippen LogP contribution in [0.3, 0.4) is 0 Å². The van der Waals surface area contributed by atoms with Crippen LogP contribution in [-0.4, -0.2) is 59.5 Å². The van der Waals surface area contributed by atoms with Crippen LogP contribution in [0.25, 0.3) is 11.3 Å². The van der Waals surface area contributed by atoms with E-state index < -0.39 is 61.1 Å². The summed E-state index contributed by atoms with van der Waals surface area (Å²) in [5.41, 5.74) is 1.10. The monoisotopic (exact) mass is 560 g/mol. The minimum Gasteiger partial charge on any atom is -0.464 e. The lowest BCUT2D eigenvalue weighted by atomic mass is 9.96. The van der Waals surface area contributed by atoms with Gasteiger partial charge in [-0.05, 0) is 24.6 Å². The van der Waals surface area contributed by atoms with Crippen LogP contribution in [0.2, 0.25) is 0 Å². The van der Waals surface area contributed by atoms with Gasteiger partial charge in [0.15, 0.2) is 24.5 Å². The second-order valence-electron chi connectivity index (χ2n) is 8.63. The molecule has 0 amide bonds. The normalized spacial score (nSPS) is 22.3. The van der Waals surface area contributed by atoms with Gasteiger partial charge in [0.1, 0.15) is 29.2 Å². The summed E-state index contributed by atoms with van der Waals surface area (Å²) in [6.45, 7) is 6.05. The zero-order valence-electron chi connectivity index (χ0n) is 22.0. The highest BCUT2D eigenvalue weighted by atomic mass is 32.1. The molecule has 1 fully saturated rings. The van der Waals surface area contributed by atoms with Crippen LogP contribution in [-0.2, 0) is 49.3 Å². The molecule has 1 aliphatic rings. The van der Waals surface area contributed by atoms with Crippen molar-refractivity contribution in [3.05, 3.63) is 40.4 Å². The number of aryl methyl sites for hydroxylation is 1. The van der Waals surface area contributed by atoms with E-state index in [0.717, 1.165) is 20.8 Å². The molecule has 13 heteroatoms. The molecule has 1 saturated heterocycles. The van der Waals surface area contributed by atoms with Gasteiger partial charge in [0.05, 0.1) is 11.8 Å². The number of carbonyl (C=O) groups is 4. The summed E-state index contributed by atoms with van der Waals surface area (Å²) in [5.74, 6) is -2.47. The Bertz CT molecular complexity index is 1340. The molecule has 208 valence electrons. The maximum atomic E-state index is 12.2. The van der Waals surface area contributed by atoms with E-state index in [4.69, 9.17) is 40.3 Å². The number of ether oxygens (including phenoxy) is 5. The Hall–Kier alpha value is -4.02. The van der Waals surface area contributed by atoms with Gasteiger partial charge in [-0.2, -0.15) is 5.26 Å². The van der Waals surface area contributed by atoms with Gasteiger partial charge in [0, 0.05) is 39.0 Å². The molecule has 39 heavy (non-hydrogen) atoms. The van der Waals surface area contributed by atoms with E-state index in [2.05, 4.69) is 6.07 Å². The molecule has 12 nitrogen and oxygen atoms in total. The standard InChI is InChI=1S/C26H28N2O10S/c1-6-17-10-18(20-8-7-9-33-20)19(11-27)26(39)28(17)25-24(37-16(5)32)23(36-15(4)31)22(35-14(3)30)21(38-25)12-34-13(2)29/h7-10,21-25H,6,12H2,1-5H3. The van der Waals surface area contributed by atoms with E-state index in [0.29, 0.717) is 23.4 Å². The van der Waals surface area contributed by atoms with Gasteiger partial charge in [0.25, 0.3) is 0 Å². The zero-order valence-corrected chi connectivity index (χ0v) is 22.8. The Labute approximate surface area is 229 Å². The molecule has 2 aromatic rings. The number of esters is 4. The lowest BCUT2D eigenvalue weighted by molar-refractivity contribution is -0.269. The van der Waals surface area contributed by atoms with Crippen LogP contribution >= 0.6 is 12.2 Å². The fourth-order valence-electron chi connectivity index (χ4n) is 4.37. The van der Waals surface area contributed by atoms with Crippen molar-refractivity contribution in [1.82, 2.24) is 4.57 Å². The molecule has 5 atom stereocenters. The Kier molecular flexibility index (Phi) is 9.61. The molecule has 2 aromatic heterocycles. The Balaban J connectivity index is 2.28. The lowest BCUT2D eigenvalue weighted by Gasteiger charge is -2.45. The van der Waals surface area contributed by atoms with E-state index in [1.54, 1.807) is 18.2 Å². The second kappa shape index (κ2) is 12.7. The zero-order chi connectivity index (χ0) is 28.9. The van der Waals surface area contributed by atoms with Crippen LogP contribution in [0.15, 0.2) is 28.9 Å². The van der Waals surface area contributed by atoms with Crippen LogP contribution in [0.4, 0.5) is 0 Å².